The van der Waals surface area contributed by atoms with Gasteiger partial charge in [-0.2, -0.15) is 0 Å². The van der Waals surface area contributed by atoms with Gasteiger partial charge in [0, 0.05) is 5.69 Å². The van der Waals surface area contributed by atoms with Gasteiger partial charge in [0.15, 0.2) is 6.04 Å². The van der Waals surface area contributed by atoms with Crippen molar-refractivity contribution in [1.82, 2.24) is 0 Å². The van der Waals surface area contributed by atoms with Crippen LogP contribution in [-0.2, 0) is 11.2 Å². The van der Waals surface area contributed by atoms with Gasteiger partial charge in [0.05, 0.1) is 0 Å². The largest absolute Gasteiger partial charge is 0.479 e. The molecule has 20 heavy (non-hydrogen) atoms. The Bertz CT molecular complexity index is 557. The summed E-state index contributed by atoms with van der Waals surface area (Å²) in [5.74, 6) is -0.881. The molecule has 0 saturated heterocycles. The van der Waals surface area contributed by atoms with Crippen molar-refractivity contribution < 1.29 is 9.90 Å². The maximum absolute atomic E-state index is 11.4. The summed E-state index contributed by atoms with van der Waals surface area (Å²) in [6, 6.07) is 16.3. The van der Waals surface area contributed by atoms with Crippen LogP contribution < -0.4 is 5.32 Å². The van der Waals surface area contributed by atoms with E-state index in [1.165, 1.54) is 5.56 Å². The van der Waals surface area contributed by atoms with Crippen LogP contribution in [0.2, 0.25) is 0 Å². The number of hydrogen-bond donors (Lipinski definition) is 2. The number of aliphatic carboxylic acids is 1. The molecule has 0 radical (unpaired) electrons. The Kier molecular flexibility index (Phi) is 6.07. The van der Waals surface area contributed by atoms with Crippen molar-refractivity contribution in [1.29, 1.82) is 0 Å². The summed E-state index contributed by atoms with van der Waals surface area (Å²) in [6.45, 7) is 2.07. The molecule has 2 N–H and O–H groups in total. The average molecular weight is 292 g/mol. The monoisotopic (exact) mass is 291 g/mol. The number of rotatable bonds is 5. The SMILES string of the molecule is CCc1cccc(NC(C(=O)O)c2ccccc2)c1.Cl. The first-order valence-electron chi connectivity index (χ1n) is 6.34. The molecule has 0 fully saturated rings. The maximum atomic E-state index is 11.4. The summed E-state index contributed by atoms with van der Waals surface area (Å²) < 4.78 is 0. The Morgan fingerprint density at radius 1 is 1.15 bits per heavy atom. The molecule has 0 heterocycles. The molecule has 0 amide bonds. The van der Waals surface area contributed by atoms with E-state index in [1.54, 1.807) is 0 Å². The smallest absolute Gasteiger partial charge is 0.330 e. The highest BCUT2D eigenvalue weighted by atomic mass is 35.5. The van der Waals surface area contributed by atoms with E-state index in [9.17, 15) is 9.90 Å². The highest BCUT2D eigenvalue weighted by Crippen LogP contribution is 2.20. The lowest BCUT2D eigenvalue weighted by Crippen LogP contribution is -2.20. The fourth-order valence-electron chi connectivity index (χ4n) is 1.98. The van der Waals surface area contributed by atoms with Gasteiger partial charge < -0.3 is 10.4 Å². The lowest BCUT2D eigenvalue weighted by molar-refractivity contribution is -0.138. The molecule has 2 rings (SSSR count). The van der Waals surface area contributed by atoms with Crippen LogP contribution in [0.15, 0.2) is 54.6 Å². The van der Waals surface area contributed by atoms with E-state index in [-0.39, 0.29) is 12.4 Å². The van der Waals surface area contributed by atoms with Crippen molar-refractivity contribution in [3.8, 4) is 0 Å². The minimum atomic E-state index is -0.881. The molecule has 0 aromatic heterocycles. The number of nitrogens with one attached hydrogen (secondary N) is 1. The van der Waals surface area contributed by atoms with Crippen LogP contribution in [0.3, 0.4) is 0 Å². The van der Waals surface area contributed by atoms with Crippen molar-refractivity contribution in [2.75, 3.05) is 5.32 Å². The highest BCUT2D eigenvalue weighted by Gasteiger charge is 2.19. The summed E-state index contributed by atoms with van der Waals surface area (Å²) in [4.78, 5) is 11.4. The van der Waals surface area contributed by atoms with Crippen LogP contribution in [-0.4, -0.2) is 11.1 Å². The maximum Gasteiger partial charge on any atom is 0.330 e. The summed E-state index contributed by atoms with van der Waals surface area (Å²) in [5.41, 5.74) is 2.76. The lowest BCUT2D eigenvalue weighted by atomic mass is 10.1. The number of carbonyl (C=O) groups is 1. The second-order valence-corrected chi connectivity index (χ2v) is 4.38. The Hall–Kier alpha value is -2.00. The van der Waals surface area contributed by atoms with Crippen molar-refractivity contribution >= 4 is 24.1 Å². The number of hydrogen-bond acceptors (Lipinski definition) is 2. The van der Waals surface area contributed by atoms with Crippen molar-refractivity contribution in [2.24, 2.45) is 0 Å². The highest BCUT2D eigenvalue weighted by molar-refractivity contribution is 5.85. The van der Waals surface area contributed by atoms with E-state index in [0.29, 0.717) is 0 Å². The van der Waals surface area contributed by atoms with Crippen LogP contribution in [0.5, 0.6) is 0 Å². The van der Waals surface area contributed by atoms with E-state index < -0.39 is 12.0 Å². The minimum absolute atomic E-state index is 0. The third-order valence-electron chi connectivity index (χ3n) is 3.03. The number of aryl methyl sites for hydroxylation is 1. The summed E-state index contributed by atoms with van der Waals surface area (Å²) in [7, 11) is 0. The Balaban J connectivity index is 0.00000200. The van der Waals surface area contributed by atoms with Crippen LogP contribution in [0.25, 0.3) is 0 Å². The van der Waals surface area contributed by atoms with Gasteiger partial charge >= 0.3 is 5.97 Å². The molecule has 2 aromatic rings. The Morgan fingerprint density at radius 3 is 2.45 bits per heavy atom. The van der Waals surface area contributed by atoms with Gasteiger partial charge in [-0.1, -0.05) is 49.4 Å². The number of halogens is 1. The van der Waals surface area contributed by atoms with Gasteiger partial charge in [-0.3, -0.25) is 0 Å². The summed E-state index contributed by atoms with van der Waals surface area (Å²) in [5, 5.41) is 12.4. The topological polar surface area (TPSA) is 49.3 Å². The molecule has 0 spiro atoms. The lowest BCUT2D eigenvalue weighted by Gasteiger charge is -2.16. The quantitative estimate of drug-likeness (QED) is 0.878. The van der Waals surface area contributed by atoms with Crippen LogP contribution in [0.4, 0.5) is 5.69 Å². The zero-order valence-corrected chi connectivity index (χ0v) is 12.1. The summed E-state index contributed by atoms with van der Waals surface area (Å²) >= 11 is 0. The second-order valence-electron chi connectivity index (χ2n) is 4.38. The van der Waals surface area contributed by atoms with Gasteiger partial charge in [-0.05, 0) is 29.7 Å². The minimum Gasteiger partial charge on any atom is -0.479 e. The van der Waals surface area contributed by atoms with Crippen LogP contribution in [0, 0.1) is 0 Å². The number of benzene rings is 2. The fourth-order valence-corrected chi connectivity index (χ4v) is 1.98. The normalized spacial score (nSPS) is 11.2. The van der Waals surface area contributed by atoms with Gasteiger partial charge in [0.1, 0.15) is 0 Å². The van der Waals surface area contributed by atoms with Crippen molar-refractivity contribution in [3.63, 3.8) is 0 Å². The fraction of sp³-hybridized carbons (Fsp3) is 0.188. The third kappa shape index (κ3) is 4.00. The van der Waals surface area contributed by atoms with Gasteiger partial charge in [-0.25, -0.2) is 4.79 Å². The predicted molar refractivity (Wildman–Crippen MR) is 83.5 cm³/mol. The van der Waals surface area contributed by atoms with E-state index in [4.69, 9.17) is 0 Å². The van der Waals surface area contributed by atoms with E-state index in [0.717, 1.165) is 17.7 Å². The first kappa shape index (κ1) is 16.1. The van der Waals surface area contributed by atoms with Gasteiger partial charge in [-0.15, -0.1) is 12.4 Å². The third-order valence-corrected chi connectivity index (χ3v) is 3.03. The zero-order valence-electron chi connectivity index (χ0n) is 11.2. The summed E-state index contributed by atoms with van der Waals surface area (Å²) in [6.07, 6.45) is 0.929. The Labute approximate surface area is 125 Å². The van der Waals surface area contributed by atoms with E-state index >= 15 is 0 Å². The molecule has 0 aliphatic heterocycles. The second kappa shape index (κ2) is 7.56. The van der Waals surface area contributed by atoms with Crippen LogP contribution >= 0.6 is 12.4 Å². The molecule has 3 nitrogen and oxygen atoms in total. The number of carboxylic acid groups (broad SMARTS) is 1. The standard InChI is InChI=1S/C16H17NO2.ClH/c1-2-12-7-6-10-14(11-12)17-15(16(18)19)13-8-4-3-5-9-13;/h3-11,15,17H,2H2,1H3,(H,18,19);1H. The number of carboxylic acids is 1. The zero-order chi connectivity index (χ0) is 13.7. The molecular weight excluding hydrogens is 274 g/mol. The first-order chi connectivity index (χ1) is 9.20. The molecule has 2 aromatic carbocycles. The molecule has 4 heteroatoms. The Morgan fingerprint density at radius 2 is 1.85 bits per heavy atom. The molecule has 0 aliphatic rings. The molecule has 1 unspecified atom stereocenters. The molecule has 0 bridgehead atoms. The van der Waals surface area contributed by atoms with E-state index in [1.807, 2.05) is 54.6 Å². The average Bonchev–Trinajstić information content (AvgIpc) is 2.45. The molecular formula is C16H18ClNO2. The van der Waals surface area contributed by atoms with Crippen molar-refractivity contribution in [2.45, 2.75) is 19.4 Å². The van der Waals surface area contributed by atoms with Crippen molar-refractivity contribution in [3.05, 3.63) is 65.7 Å². The molecule has 106 valence electrons. The van der Waals surface area contributed by atoms with Gasteiger partial charge in [0.2, 0.25) is 0 Å². The first-order valence-corrected chi connectivity index (χ1v) is 6.34. The molecule has 0 saturated carbocycles. The van der Waals surface area contributed by atoms with E-state index in [2.05, 4.69) is 12.2 Å². The number of anilines is 1. The predicted octanol–water partition coefficient (Wildman–Crippen LogP) is 3.91. The molecule has 1 atom stereocenters. The molecule has 0 aliphatic carbocycles. The van der Waals surface area contributed by atoms with Gasteiger partial charge in [0.25, 0.3) is 0 Å². The van der Waals surface area contributed by atoms with Crippen LogP contribution in [0.1, 0.15) is 24.1 Å².